The van der Waals surface area contributed by atoms with Gasteiger partial charge in [-0.3, -0.25) is 0 Å². The standard InChI is InChI=1S/C16H15N3/c1-10-4-6-13(7-5-10)16-14(8-17)11(2)19-12(3)15(16)9-18/h4-7,11,19H,1-3H3. The van der Waals surface area contributed by atoms with Crippen LogP contribution in [0.4, 0.5) is 0 Å². The van der Waals surface area contributed by atoms with E-state index in [1.807, 2.05) is 45.0 Å². The average Bonchev–Trinajstić information content (AvgIpc) is 2.39. The lowest BCUT2D eigenvalue weighted by Crippen LogP contribution is -2.31. The second-order valence-corrected chi connectivity index (χ2v) is 4.74. The van der Waals surface area contributed by atoms with Gasteiger partial charge in [0.25, 0.3) is 0 Å². The van der Waals surface area contributed by atoms with Crippen molar-refractivity contribution >= 4 is 5.57 Å². The van der Waals surface area contributed by atoms with Crippen molar-refractivity contribution in [3.05, 3.63) is 52.2 Å². The second kappa shape index (κ2) is 5.00. The van der Waals surface area contributed by atoms with Gasteiger partial charge in [0.15, 0.2) is 0 Å². The van der Waals surface area contributed by atoms with Gasteiger partial charge in [-0.1, -0.05) is 29.8 Å². The third-order valence-corrected chi connectivity index (χ3v) is 3.33. The molecule has 0 spiro atoms. The highest BCUT2D eigenvalue weighted by Gasteiger charge is 2.25. The van der Waals surface area contributed by atoms with E-state index in [0.29, 0.717) is 11.1 Å². The lowest BCUT2D eigenvalue weighted by Gasteiger charge is -2.25. The fourth-order valence-electron chi connectivity index (χ4n) is 2.32. The number of nitrogens with one attached hydrogen (secondary N) is 1. The largest absolute Gasteiger partial charge is 0.380 e. The number of aryl methyl sites for hydroxylation is 1. The molecule has 1 aromatic carbocycles. The van der Waals surface area contributed by atoms with Crippen molar-refractivity contribution in [2.24, 2.45) is 0 Å². The Balaban J connectivity index is 2.70. The minimum Gasteiger partial charge on any atom is -0.380 e. The zero-order valence-electron chi connectivity index (χ0n) is 11.3. The summed E-state index contributed by atoms with van der Waals surface area (Å²) in [4.78, 5) is 0. The molecule has 1 aliphatic heterocycles. The zero-order valence-corrected chi connectivity index (χ0v) is 11.3. The molecule has 3 nitrogen and oxygen atoms in total. The molecule has 0 fully saturated rings. The van der Waals surface area contributed by atoms with Crippen LogP contribution in [-0.4, -0.2) is 6.04 Å². The highest BCUT2D eigenvalue weighted by molar-refractivity contribution is 5.89. The molecule has 0 radical (unpaired) electrons. The van der Waals surface area contributed by atoms with E-state index in [0.717, 1.165) is 22.4 Å². The summed E-state index contributed by atoms with van der Waals surface area (Å²) in [7, 11) is 0. The van der Waals surface area contributed by atoms with Crippen LogP contribution in [0.3, 0.4) is 0 Å². The number of benzene rings is 1. The first-order chi connectivity index (χ1) is 9.08. The molecule has 0 amide bonds. The van der Waals surface area contributed by atoms with Crippen LogP contribution >= 0.6 is 0 Å². The van der Waals surface area contributed by atoms with E-state index in [-0.39, 0.29) is 6.04 Å². The lowest BCUT2D eigenvalue weighted by molar-refractivity contribution is 0.696. The maximum atomic E-state index is 9.37. The summed E-state index contributed by atoms with van der Waals surface area (Å²) in [6, 6.07) is 12.3. The van der Waals surface area contributed by atoms with Crippen LogP contribution in [0, 0.1) is 29.6 Å². The van der Waals surface area contributed by atoms with Crippen LogP contribution in [0.5, 0.6) is 0 Å². The first-order valence-corrected chi connectivity index (χ1v) is 6.17. The van der Waals surface area contributed by atoms with E-state index in [2.05, 4.69) is 17.5 Å². The van der Waals surface area contributed by atoms with E-state index in [9.17, 15) is 10.5 Å². The number of nitrogens with zero attached hydrogens (tertiary/aromatic N) is 2. The third-order valence-electron chi connectivity index (χ3n) is 3.33. The fourth-order valence-corrected chi connectivity index (χ4v) is 2.32. The molecular formula is C16H15N3. The minimum absolute atomic E-state index is 0.0709. The molecule has 0 saturated heterocycles. The topological polar surface area (TPSA) is 59.6 Å². The molecule has 0 bridgehead atoms. The van der Waals surface area contributed by atoms with Crippen molar-refractivity contribution in [3.8, 4) is 12.1 Å². The molecule has 0 aromatic heterocycles. The number of allylic oxidation sites excluding steroid dienone is 3. The van der Waals surface area contributed by atoms with Gasteiger partial charge in [0.05, 0.1) is 23.3 Å². The number of hydrogen-bond acceptors (Lipinski definition) is 3. The summed E-state index contributed by atoms with van der Waals surface area (Å²) in [5.74, 6) is 0. The summed E-state index contributed by atoms with van der Waals surface area (Å²) in [5.41, 5.74) is 4.83. The molecular weight excluding hydrogens is 234 g/mol. The first kappa shape index (κ1) is 12.9. The van der Waals surface area contributed by atoms with Crippen molar-refractivity contribution in [1.82, 2.24) is 5.32 Å². The summed E-state index contributed by atoms with van der Waals surface area (Å²) in [5, 5.41) is 21.9. The molecule has 19 heavy (non-hydrogen) atoms. The Hall–Kier alpha value is -2.52. The Labute approximate surface area is 113 Å². The SMILES string of the molecule is CC1=C(C#N)C(c2ccc(C)cc2)=C(C#N)C(C)N1. The van der Waals surface area contributed by atoms with Crippen molar-refractivity contribution in [2.75, 3.05) is 0 Å². The Morgan fingerprint density at radius 1 is 1.05 bits per heavy atom. The van der Waals surface area contributed by atoms with Gasteiger partial charge < -0.3 is 5.32 Å². The van der Waals surface area contributed by atoms with Gasteiger partial charge in [0.2, 0.25) is 0 Å². The number of hydrogen-bond donors (Lipinski definition) is 1. The van der Waals surface area contributed by atoms with Gasteiger partial charge in [0, 0.05) is 11.3 Å². The van der Waals surface area contributed by atoms with E-state index >= 15 is 0 Å². The molecule has 1 atom stereocenters. The maximum absolute atomic E-state index is 9.37. The molecule has 1 N–H and O–H groups in total. The summed E-state index contributed by atoms with van der Waals surface area (Å²) in [6.45, 7) is 5.82. The molecule has 1 heterocycles. The molecule has 1 aromatic rings. The van der Waals surface area contributed by atoms with Gasteiger partial charge >= 0.3 is 0 Å². The number of dihydropyridines is 1. The number of rotatable bonds is 1. The zero-order chi connectivity index (χ0) is 14.0. The summed E-state index contributed by atoms with van der Waals surface area (Å²) >= 11 is 0. The van der Waals surface area contributed by atoms with E-state index in [1.54, 1.807) is 0 Å². The fraction of sp³-hybridized carbons (Fsp3) is 0.250. The van der Waals surface area contributed by atoms with Crippen molar-refractivity contribution in [2.45, 2.75) is 26.8 Å². The lowest BCUT2D eigenvalue weighted by atomic mass is 9.87. The molecule has 94 valence electrons. The Bertz CT molecular complexity index is 649. The summed E-state index contributed by atoms with van der Waals surface area (Å²) < 4.78 is 0. The van der Waals surface area contributed by atoms with Crippen LogP contribution < -0.4 is 5.32 Å². The van der Waals surface area contributed by atoms with Gasteiger partial charge in [-0.15, -0.1) is 0 Å². The maximum Gasteiger partial charge on any atom is 0.102 e. The Kier molecular flexibility index (Phi) is 3.40. The Morgan fingerprint density at radius 2 is 1.68 bits per heavy atom. The van der Waals surface area contributed by atoms with Gasteiger partial charge in [-0.25, -0.2) is 0 Å². The monoisotopic (exact) mass is 249 g/mol. The predicted molar refractivity (Wildman–Crippen MR) is 74.6 cm³/mol. The molecule has 1 unspecified atom stereocenters. The van der Waals surface area contributed by atoms with Crippen LogP contribution in [0.15, 0.2) is 41.1 Å². The van der Waals surface area contributed by atoms with Crippen LogP contribution in [0.2, 0.25) is 0 Å². The third kappa shape index (κ3) is 2.23. The second-order valence-electron chi connectivity index (χ2n) is 4.74. The predicted octanol–water partition coefficient (Wildman–Crippen LogP) is 3.06. The molecule has 2 rings (SSSR count). The van der Waals surface area contributed by atoms with Crippen molar-refractivity contribution in [3.63, 3.8) is 0 Å². The molecule has 1 aliphatic rings. The van der Waals surface area contributed by atoms with Crippen LogP contribution in [0.1, 0.15) is 25.0 Å². The van der Waals surface area contributed by atoms with Gasteiger partial charge in [-0.05, 0) is 26.3 Å². The smallest absolute Gasteiger partial charge is 0.102 e. The minimum atomic E-state index is -0.0709. The van der Waals surface area contributed by atoms with E-state index < -0.39 is 0 Å². The van der Waals surface area contributed by atoms with Crippen molar-refractivity contribution in [1.29, 1.82) is 10.5 Å². The quantitative estimate of drug-likeness (QED) is 0.832. The molecule has 3 heteroatoms. The molecule has 0 saturated carbocycles. The highest BCUT2D eigenvalue weighted by atomic mass is 14.9. The average molecular weight is 249 g/mol. The summed E-state index contributed by atoms with van der Waals surface area (Å²) in [6.07, 6.45) is 0. The normalized spacial score (nSPS) is 18.7. The molecule has 0 aliphatic carbocycles. The van der Waals surface area contributed by atoms with Gasteiger partial charge in [-0.2, -0.15) is 10.5 Å². The van der Waals surface area contributed by atoms with Crippen molar-refractivity contribution < 1.29 is 0 Å². The number of nitriles is 2. The van der Waals surface area contributed by atoms with Crippen LogP contribution in [0.25, 0.3) is 5.57 Å². The first-order valence-electron chi connectivity index (χ1n) is 6.17. The van der Waals surface area contributed by atoms with E-state index in [1.165, 1.54) is 0 Å². The van der Waals surface area contributed by atoms with E-state index in [4.69, 9.17) is 0 Å². The highest BCUT2D eigenvalue weighted by Crippen LogP contribution is 2.33. The van der Waals surface area contributed by atoms with Gasteiger partial charge in [0.1, 0.15) is 6.07 Å². The van der Waals surface area contributed by atoms with Crippen LogP contribution in [-0.2, 0) is 0 Å². The Morgan fingerprint density at radius 3 is 2.21 bits per heavy atom.